The smallest absolute Gasteiger partial charge is 0.119 e. The summed E-state index contributed by atoms with van der Waals surface area (Å²) in [6, 6.07) is 6.17. The van der Waals surface area contributed by atoms with Crippen molar-refractivity contribution < 1.29 is 4.74 Å². The quantitative estimate of drug-likeness (QED) is 0.920. The molecule has 1 heterocycles. The van der Waals surface area contributed by atoms with Crippen molar-refractivity contribution in [3.8, 4) is 5.75 Å². The molecule has 2 rings (SSSR count). The lowest BCUT2D eigenvalue weighted by Gasteiger charge is -2.25. The first-order valence-electron chi connectivity index (χ1n) is 5.70. The van der Waals surface area contributed by atoms with Gasteiger partial charge in [-0.05, 0) is 56.5 Å². The lowest BCUT2D eigenvalue weighted by Crippen LogP contribution is -2.38. The summed E-state index contributed by atoms with van der Waals surface area (Å²) in [6.45, 7) is 3.43. The van der Waals surface area contributed by atoms with E-state index in [9.17, 15) is 0 Å². The molecule has 1 aromatic carbocycles. The van der Waals surface area contributed by atoms with Crippen molar-refractivity contribution in [2.75, 3.05) is 13.7 Å². The summed E-state index contributed by atoms with van der Waals surface area (Å²) in [5.41, 5.74) is 1.56. The second-order valence-electron chi connectivity index (χ2n) is 4.73. The fourth-order valence-corrected chi connectivity index (χ4v) is 2.73. The van der Waals surface area contributed by atoms with Gasteiger partial charge in [-0.1, -0.05) is 15.9 Å². The van der Waals surface area contributed by atoms with Gasteiger partial charge in [0.05, 0.1) is 7.11 Å². The topological polar surface area (TPSA) is 21.3 Å². The third kappa shape index (κ3) is 2.58. The van der Waals surface area contributed by atoms with Gasteiger partial charge in [0.15, 0.2) is 0 Å². The fourth-order valence-electron chi connectivity index (χ4n) is 2.34. The molecule has 0 bridgehead atoms. The van der Waals surface area contributed by atoms with Gasteiger partial charge in [0, 0.05) is 10.0 Å². The molecule has 0 aromatic heterocycles. The van der Waals surface area contributed by atoms with Crippen LogP contribution in [-0.2, 0) is 6.42 Å². The van der Waals surface area contributed by atoms with Crippen LogP contribution in [-0.4, -0.2) is 19.2 Å². The van der Waals surface area contributed by atoms with Crippen molar-refractivity contribution in [2.45, 2.75) is 31.7 Å². The Morgan fingerprint density at radius 2 is 2.31 bits per heavy atom. The van der Waals surface area contributed by atoms with E-state index in [-0.39, 0.29) is 5.54 Å². The molecule has 0 amide bonds. The van der Waals surface area contributed by atoms with Crippen LogP contribution in [0.25, 0.3) is 0 Å². The standard InChI is InChI=1S/C13H18BrNO/c1-13(6-3-7-15-13)9-10-8-11(16-2)4-5-12(10)14/h4-5,8,15H,3,6-7,9H2,1-2H3. The third-order valence-corrected chi connectivity index (χ3v) is 4.06. The van der Waals surface area contributed by atoms with E-state index < -0.39 is 0 Å². The highest BCUT2D eigenvalue weighted by Gasteiger charge is 2.28. The second-order valence-corrected chi connectivity index (χ2v) is 5.58. The van der Waals surface area contributed by atoms with Crippen LogP contribution in [0.2, 0.25) is 0 Å². The van der Waals surface area contributed by atoms with E-state index in [2.05, 4.69) is 40.3 Å². The van der Waals surface area contributed by atoms with Crippen LogP contribution in [0.4, 0.5) is 0 Å². The molecule has 1 unspecified atom stereocenters. The zero-order valence-electron chi connectivity index (χ0n) is 9.85. The number of ether oxygens (including phenoxy) is 1. The minimum Gasteiger partial charge on any atom is -0.497 e. The van der Waals surface area contributed by atoms with Crippen molar-refractivity contribution in [3.05, 3.63) is 28.2 Å². The molecule has 88 valence electrons. The first-order valence-corrected chi connectivity index (χ1v) is 6.50. The number of halogens is 1. The van der Waals surface area contributed by atoms with Gasteiger partial charge in [0.1, 0.15) is 5.75 Å². The summed E-state index contributed by atoms with van der Waals surface area (Å²) in [5.74, 6) is 0.930. The van der Waals surface area contributed by atoms with E-state index in [1.807, 2.05) is 6.07 Å². The largest absolute Gasteiger partial charge is 0.497 e. The molecule has 1 aromatic rings. The van der Waals surface area contributed by atoms with Gasteiger partial charge >= 0.3 is 0 Å². The molecule has 1 fully saturated rings. The van der Waals surface area contributed by atoms with Crippen LogP contribution in [0.3, 0.4) is 0 Å². The van der Waals surface area contributed by atoms with Gasteiger partial charge in [0.25, 0.3) is 0 Å². The average Bonchev–Trinajstić information content (AvgIpc) is 2.68. The van der Waals surface area contributed by atoms with Crippen molar-refractivity contribution in [3.63, 3.8) is 0 Å². The number of hydrogen-bond donors (Lipinski definition) is 1. The van der Waals surface area contributed by atoms with E-state index in [4.69, 9.17) is 4.74 Å². The molecule has 0 aliphatic carbocycles. The molecular weight excluding hydrogens is 266 g/mol. The van der Waals surface area contributed by atoms with Crippen molar-refractivity contribution in [1.82, 2.24) is 5.32 Å². The van der Waals surface area contributed by atoms with Gasteiger partial charge in [-0.15, -0.1) is 0 Å². The summed E-state index contributed by atoms with van der Waals surface area (Å²) in [6.07, 6.45) is 3.57. The zero-order valence-corrected chi connectivity index (χ0v) is 11.4. The lowest BCUT2D eigenvalue weighted by molar-refractivity contribution is 0.403. The highest BCUT2D eigenvalue weighted by Crippen LogP contribution is 2.29. The van der Waals surface area contributed by atoms with Crippen LogP contribution in [0.1, 0.15) is 25.3 Å². The summed E-state index contributed by atoms with van der Waals surface area (Å²) in [7, 11) is 1.71. The monoisotopic (exact) mass is 283 g/mol. The maximum absolute atomic E-state index is 5.27. The molecule has 1 saturated heterocycles. The number of nitrogens with one attached hydrogen (secondary N) is 1. The Bertz CT molecular complexity index is 372. The molecule has 1 atom stereocenters. The fraction of sp³-hybridized carbons (Fsp3) is 0.538. The van der Waals surface area contributed by atoms with Crippen LogP contribution in [0.5, 0.6) is 5.75 Å². The minimum absolute atomic E-state index is 0.245. The Hall–Kier alpha value is -0.540. The third-order valence-electron chi connectivity index (χ3n) is 3.29. The SMILES string of the molecule is COc1ccc(Br)c(CC2(C)CCCN2)c1. The molecule has 2 nitrogen and oxygen atoms in total. The number of hydrogen-bond acceptors (Lipinski definition) is 2. The molecule has 16 heavy (non-hydrogen) atoms. The Morgan fingerprint density at radius 1 is 1.50 bits per heavy atom. The van der Waals surface area contributed by atoms with Gasteiger partial charge in [0.2, 0.25) is 0 Å². The Morgan fingerprint density at radius 3 is 2.94 bits per heavy atom. The van der Waals surface area contributed by atoms with E-state index in [0.29, 0.717) is 0 Å². The first-order chi connectivity index (χ1) is 7.63. The predicted molar refractivity (Wildman–Crippen MR) is 70.0 cm³/mol. The summed E-state index contributed by atoms with van der Waals surface area (Å²) in [4.78, 5) is 0. The molecule has 0 spiro atoms. The van der Waals surface area contributed by atoms with Crippen molar-refractivity contribution in [2.24, 2.45) is 0 Å². The second kappa shape index (κ2) is 4.76. The van der Waals surface area contributed by atoms with Gasteiger partial charge < -0.3 is 10.1 Å². The van der Waals surface area contributed by atoms with E-state index in [1.165, 1.54) is 22.9 Å². The summed E-state index contributed by atoms with van der Waals surface area (Å²) in [5, 5.41) is 3.58. The Kier molecular flexibility index (Phi) is 3.55. The van der Waals surface area contributed by atoms with Crippen LogP contribution < -0.4 is 10.1 Å². The Labute approximate surface area is 106 Å². The van der Waals surface area contributed by atoms with E-state index in [0.717, 1.165) is 18.7 Å². The molecule has 1 aliphatic rings. The number of rotatable bonds is 3. The summed E-state index contributed by atoms with van der Waals surface area (Å²) >= 11 is 3.61. The average molecular weight is 284 g/mol. The first kappa shape index (κ1) is 11.9. The molecule has 1 aliphatic heterocycles. The maximum Gasteiger partial charge on any atom is 0.119 e. The molecule has 0 saturated carbocycles. The highest BCUT2D eigenvalue weighted by atomic mass is 79.9. The predicted octanol–water partition coefficient (Wildman–Crippen LogP) is 3.14. The summed E-state index contributed by atoms with van der Waals surface area (Å²) < 4.78 is 6.44. The number of methoxy groups -OCH3 is 1. The molecule has 3 heteroatoms. The molecular formula is C13H18BrNO. The number of benzene rings is 1. The zero-order chi connectivity index (χ0) is 11.6. The maximum atomic E-state index is 5.27. The van der Waals surface area contributed by atoms with Gasteiger partial charge in [-0.3, -0.25) is 0 Å². The van der Waals surface area contributed by atoms with Gasteiger partial charge in [-0.2, -0.15) is 0 Å². The van der Waals surface area contributed by atoms with E-state index in [1.54, 1.807) is 7.11 Å². The van der Waals surface area contributed by atoms with Crippen molar-refractivity contribution in [1.29, 1.82) is 0 Å². The lowest BCUT2D eigenvalue weighted by atomic mass is 9.91. The van der Waals surface area contributed by atoms with Crippen LogP contribution in [0, 0.1) is 0 Å². The Balaban J connectivity index is 2.19. The molecule has 1 N–H and O–H groups in total. The minimum atomic E-state index is 0.245. The normalized spacial score (nSPS) is 24.7. The molecule has 0 radical (unpaired) electrons. The van der Waals surface area contributed by atoms with E-state index >= 15 is 0 Å². The van der Waals surface area contributed by atoms with Gasteiger partial charge in [-0.25, -0.2) is 0 Å². The van der Waals surface area contributed by atoms with Crippen LogP contribution >= 0.6 is 15.9 Å². The highest BCUT2D eigenvalue weighted by molar-refractivity contribution is 9.10. The van der Waals surface area contributed by atoms with Crippen LogP contribution in [0.15, 0.2) is 22.7 Å². The van der Waals surface area contributed by atoms with Crippen molar-refractivity contribution >= 4 is 15.9 Å².